The van der Waals surface area contributed by atoms with Crippen molar-refractivity contribution in [3.63, 3.8) is 0 Å². The summed E-state index contributed by atoms with van der Waals surface area (Å²) in [6.07, 6.45) is -1.36. The lowest BCUT2D eigenvalue weighted by Crippen LogP contribution is -2.53. The molecule has 24 heavy (non-hydrogen) atoms. The molecular formula is C17H24N2O5. The third-order valence-electron chi connectivity index (χ3n) is 4.30. The number of aliphatic hydroxyl groups is 1. The van der Waals surface area contributed by atoms with Gasteiger partial charge in [-0.15, -0.1) is 0 Å². The van der Waals surface area contributed by atoms with Crippen LogP contribution in [0.4, 0.5) is 0 Å². The number of nitrogens with one attached hydrogen (secondary N) is 1. The van der Waals surface area contributed by atoms with Gasteiger partial charge in [0.1, 0.15) is 12.7 Å². The van der Waals surface area contributed by atoms with Gasteiger partial charge < -0.3 is 24.6 Å². The van der Waals surface area contributed by atoms with Crippen LogP contribution in [0.2, 0.25) is 0 Å². The third-order valence-corrected chi connectivity index (χ3v) is 4.30. The van der Waals surface area contributed by atoms with Crippen molar-refractivity contribution < 1.29 is 24.1 Å². The molecular weight excluding hydrogens is 312 g/mol. The number of morpholine rings is 1. The summed E-state index contributed by atoms with van der Waals surface area (Å²) >= 11 is 0. The second-order valence-electron chi connectivity index (χ2n) is 6.14. The van der Waals surface area contributed by atoms with Crippen molar-refractivity contribution in [2.75, 3.05) is 39.5 Å². The molecule has 3 atom stereocenters. The average Bonchev–Trinajstić information content (AvgIpc) is 2.62. The van der Waals surface area contributed by atoms with Crippen LogP contribution in [0.25, 0.3) is 0 Å². The Labute approximate surface area is 141 Å². The summed E-state index contributed by atoms with van der Waals surface area (Å²) in [5.41, 5.74) is 0. The number of hydrogen-bond donors (Lipinski definition) is 2. The number of nitrogens with zero attached hydrogens (tertiary/aromatic N) is 1. The third kappa shape index (κ3) is 4.17. The number of benzene rings is 1. The first kappa shape index (κ1) is 17.0. The van der Waals surface area contributed by atoms with Gasteiger partial charge in [-0.25, -0.2) is 0 Å². The monoisotopic (exact) mass is 336 g/mol. The van der Waals surface area contributed by atoms with Gasteiger partial charge in [0.05, 0.1) is 19.3 Å². The highest BCUT2D eigenvalue weighted by Crippen LogP contribution is 2.31. The Morgan fingerprint density at radius 3 is 2.79 bits per heavy atom. The summed E-state index contributed by atoms with van der Waals surface area (Å²) in [5.74, 6) is 0.986. The first-order valence-electron chi connectivity index (χ1n) is 8.30. The Bertz CT molecular complexity index is 562. The van der Waals surface area contributed by atoms with E-state index in [4.69, 9.17) is 14.2 Å². The topological polar surface area (TPSA) is 80.3 Å². The second-order valence-corrected chi connectivity index (χ2v) is 6.14. The molecule has 0 unspecified atom stereocenters. The van der Waals surface area contributed by atoms with Crippen molar-refractivity contribution in [1.29, 1.82) is 0 Å². The summed E-state index contributed by atoms with van der Waals surface area (Å²) in [4.78, 5) is 14.2. The van der Waals surface area contributed by atoms with Crippen LogP contribution >= 0.6 is 0 Å². The van der Waals surface area contributed by atoms with Gasteiger partial charge in [0.2, 0.25) is 0 Å². The van der Waals surface area contributed by atoms with Gasteiger partial charge in [0.25, 0.3) is 5.91 Å². The van der Waals surface area contributed by atoms with Gasteiger partial charge in [0.15, 0.2) is 17.6 Å². The average molecular weight is 336 g/mol. The Hall–Kier alpha value is -1.83. The van der Waals surface area contributed by atoms with E-state index in [1.165, 1.54) is 0 Å². The number of amides is 1. The highest BCUT2D eigenvalue weighted by atomic mass is 16.6. The lowest BCUT2D eigenvalue weighted by Gasteiger charge is -2.32. The maximum Gasteiger partial charge on any atom is 0.250 e. The molecule has 2 heterocycles. The van der Waals surface area contributed by atoms with Crippen LogP contribution in [-0.2, 0) is 9.53 Å². The van der Waals surface area contributed by atoms with Crippen LogP contribution in [0.15, 0.2) is 24.3 Å². The minimum absolute atomic E-state index is 0.273. The van der Waals surface area contributed by atoms with Crippen molar-refractivity contribution in [1.82, 2.24) is 10.2 Å². The number of fused-ring (bicyclic) bond motifs is 1. The quantitative estimate of drug-likeness (QED) is 0.789. The Morgan fingerprint density at radius 1 is 1.33 bits per heavy atom. The number of rotatable bonds is 5. The predicted molar refractivity (Wildman–Crippen MR) is 87.2 cm³/mol. The SMILES string of the molecule is C[C@H](NC(=O)[C@@H](O)CN1CCOCC1)[C@H]1COc2ccccc2O1. The van der Waals surface area contributed by atoms with E-state index in [0.29, 0.717) is 37.9 Å². The fourth-order valence-corrected chi connectivity index (χ4v) is 2.81. The van der Waals surface area contributed by atoms with E-state index >= 15 is 0 Å². The van der Waals surface area contributed by atoms with Gasteiger partial charge >= 0.3 is 0 Å². The molecule has 1 fully saturated rings. The van der Waals surface area contributed by atoms with E-state index in [9.17, 15) is 9.90 Å². The number of β-amino-alcohol motifs (C(OH)–C–C–N with tert-alkyl or cyclic N) is 1. The molecule has 7 nitrogen and oxygen atoms in total. The van der Waals surface area contributed by atoms with Crippen molar-refractivity contribution >= 4 is 5.91 Å². The molecule has 0 aromatic heterocycles. The number of carbonyl (C=O) groups excluding carboxylic acids is 1. The summed E-state index contributed by atoms with van der Waals surface area (Å²) in [7, 11) is 0. The van der Waals surface area contributed by atoms with Crippen LogP contribution in [-0.4, -0.2) is 73.6 Å². The van der Waals surface area contributed by atoms with Crippen LogP contribution in [0, 0.1) is 0 Å². The molecule has 1 aromatic carbocycles. The summed E-state index contributed by atoms with van der Waals surface area (Å²) < 4.78 is 16.8. The normalized spacial score (nSPS) is 23.3. The fourth-order valence-electron chi connectivity index (χ4n) is 2.81. The lowest BCUT2D eigenvalue weighted by molar-refractivity contribution is -0.132. The van der Waals surface area contributed by atoms with Crippen LogP contribution < -0.4 is 14.8 Å². The Morgan fingerprint density at radius 2 is 2.04 bits per heavy atom. The first-order valence-corrected chi connectivity index (χ1v) is 8.30. The maximum absolute atomic E-state index is 12.2. The lowest BCUT2D eigenvalue weighted by atomic mass is 10.1. The standard InChI is InChI=1S/C17H24N2O5/c1-12(16-11-23-14-4-2-3-5-15(14)24-16)18-17(21)13(20)10-19-6-8-22-9-7-19/h2-5,12-13,16,20H,6-11H2,1H3,(H,18,21)/t12-,13-,16+/m0/s1. The van der Waals surface area contributed by atoms with E-state index < -0.39 is 12.0 Å². The van der Waals surface area contributed by atoms with Crippen molar-refractivity contribution in [2.45, 2.75) is 25.2 Å². The van der Waals surface area contributed by atoms with Gasteiger partial charge in [-0.2, -0.15) is 0 Å². The molecule has 0 saturated carbocycles. The summed E-state index contributed by atoms with van der Waals surface area (Å²) in [6.45, 7) is 5.26. The predicted octanol–water partition coefficient (Wildman–Crippen LogP) is 0.0242. The van der Waals surface area contributed by atoms with Gasteiger partial charge in [-0.1, -0.05) is 12.1 Å². The first-order chi connectivity index (χ1) is 11.6. The molecule has 0 spiro atoms. The molecule has 132 valence electrons. The number of ether oxygens (including phenoxy) is 3. The number of para-hydroxylation sites is 2. The molecule has 3 rings (SSSR count). The fraction of sp³-hybridized carbons (Fsp3) is 0.588. The molecule has 1 aromatic rings. The highest BCUT2D eigenvalue weighted by molar-refractivity contribution is 5.81. The summed E-state index contributed by atoms with van der Waals surface area (Å²) in [6, 6.07) is 7.17. The number of aliphatic hydroxyl groups excluding tert-OH is 1. The van der Waals surface area contributed by atoms with Crippen LogP contribution in [0.1, 0.15) is 6.92 Å². The van der Waals surface area contributed by atoms with E-state index in [-0.39, 0.29) is 12.1 Å². The van der Waals surface area contributed by atoms with Crippen LogP contribution in [0.3, 0.4) is 0 Å². The van der Waals surface area contributed by atoms with E-state index in [2.05, 4.69) is 5.32 Å². The van der Waals surface area contributed by atoms with Gasteiger partial charge in [-0.3, -0.25) is 9.69 Å². The molecule has 0 bridgehead atoms. The molecule has 0 aliphatic carbocycles. The zero-order chi connectivity index (χ0) is 16.9. The van der Waals surface area contributed by atoms with E-state index in [1.54, 1.807) is 0 Å². The zero-order valence-electron chi connectivity index (χ0n) is 13.8. The van der Waals surface area contributed by atoms with Gasteiger partial charge in [-0.05, 0) is 19.1 Å². The van der Waals surface area contributed by atoms with Gasteiger partial charge in [0, 0.05) is 19.6 Å². The minimum atomic E-state index is -1.07. The Balaban J connectivity index is 1.49. The molecule has 0 radical (unpaired) electrons. The van der Waals surface area contributed by atoms with Crippen molar-refractivity contribution in [3.8, 4) is 11.5 Å². The zero-order valence-corrected chi connectivity index (χ0v) is 13.8. The second kappa shape index (κ2) is 7.83. The molecule has 1 amide bonds. The number of carbonyl (C=O) groups is 1. The van der Waals surface area contributed by atoms with Crippen LogP contribution in [0.5, 0.6) is 11.5 Å². The minimum Gasteiger partial charge on any atom is -0.486 e. The Kier molecular flexibility index (Phi) is 5.55. The molecule has 7 heteroatoms. The largest absolute Gasteiger partial charge is 0.486 e. The van der Waals surface area contributed by atoms with E-state index in [1.807, 2.05) is 36.1 Å². The molecule has 2 N–H and O–H groups in total. The number of hydrogen-bond acceptors (Lipinski definition) is 6. The van der Waals surface area contributed by atoms with E-state index in [0.717, 1.165) is 13.1 Å². The van der Waals surface area contributed by atoms with Crippen molar-refractivity contribution in [2.24, 2.45) is 0 Å². The molecule has 2 aliphatic heterocycles. The smallest absolute Gasteiger partial charge is 0.250 e. The molecule has 1 saturated heterocycles. The highest BCUT2D eigenvalue weighted by Gasteiger charge is 2.29. The maximum atomic E-state index is 12.2. The molecule has 2 aliphatic rings. The van der Waals surface area contributed by atoms with Crippen molar-refractivity contribution in [3.05, 3.63) is 24.3 Å². The summed E-state index contributed by atoms with van der Waals surface area (Å²) in [5, 5.41) is 12.9.